The molecule has 0 spiro atoms. The van der Waals surface area contributed by atoms with E-state index in [1.54, 1.807) is 12.1 Å². The zero-order valence-electron chi connectivity index (χ0n) is 10.6. The lowest BCUT2D eigenvalue weighted by atomic mass is 9.95. The van der Waals surface area contributed by atoms with Gasteiger partial charge in [-0.25, -0.2) is 4.39 Å². The normalized spacial score (nSPS) is 12.7. The number of benzene rings is 2. The topological polar surface area (TPSA) is 20.2 Å². The summed E-state index contributed by atoms with van der Waals surface area (Å²) in [6.45, 7) is 3.88. The summed E-state index contributed by atoms with van der Waals surface area (Å²) in [6.07, 6.45) is -0.704. The molecule has 1 N–H and O–H groups in total. The Morgan fingerprint density at radius 2 is 1.61 bits per heavy atom. The molecule has 94 valence electrons. The average Bonchev–Trinajstić information content (AvgIpc) is 2.39. The summed E-state index contributed by atoms with van der Waals surface area (Å²) in [4.78, 5) is 0. The second-order valence-corrected chi connectivity index (χ2v) is 4.75. The highest BCUT2D eigenvalue weighted by atomic mass is 19.1. The van der Waals surface area contributed by atoms with Gasteiger partial charge in [-0.05, 0) is 34.7 Å². The fraction of sp³-hybridized carbons (Fsp3) is 0.250. The van der Waals surface area contributed by atoms with Gasteiger partial charge < -0.3 is 5.11 Å². The number of hydrogen-bond acceptors (Lipinski definition) is 1. The van der Waals surface area contributed by atoms with E-state index >= 15 is 0 Å². The smallest absolute Gasteiger partial charge is 0.126 e. The van der Waals surface area contributed by atoms with E-state index in [9.17, 15) is 9.50 Å². The van der Waals surface area contributed by atoms with Crippen LogP contribution in [-0.2, 0) is 0 Å². The molecule has 2 aromatic rings. The van der Waals surface area contributed by atoms with Crippen molar-refractivity contribution in [2.75, 3.05) is 0 Å². The zero-order chi connectivity index (χ0) is 13.1. The fourth-order valence-corrected chi connectivity index (χ4v) is 2.00. The van der Waals surface area contributed by atoms with Crippen LogP contribution in [0.5, 0.6) is 0 Å². The van der Waals surface area contributed by atoms with Gasteiger partial charge in [-0.2, -0.15) is 0 Å². The molecule has 0 aromatic heterocycles. The van der Waals surface area contributed by atoms with Crippen molar-refractivity contribution in [1.29, 1.82) is 0 Å². The van der Waals surface area contributed by atoms with Crippen LogP contribution in [-0.4, -0.2) is 5.11 Å². The summed E-state index contributed by atoms with van der Waals surface area (Å²) in [6, 6.07) is 14.2. The van der Waals surface area contributed by atoms with Gasteiger partial charge in [0, 0.05) is 0 Å². The first-order valence-electron chi connectivity index (χ1n) is 6.12. The minimum absolute atomic E-state index is 0.105. The Hall–Kier alpha value is -1.67. The third-order valence-electron chi connectivity index (χ3n) is 3.07. The molecule has 2 rings (SSSR count). The standard InChI is InChI=1S/C16H17FO/c1-11(2)14-10-13(8-9-15(14)17)16(18)12-6-4-3-5-7-12/h3-11,16,18H,1-2H3. The molecule has 1 atom stereocenters. The molecule has 1 unspecified atom stereocenters. The summed E-state index contributed by atoms with van der Waals surface area (Å²) in [7, 11) is 0. The molecular formula is C16H17FO. The van der Waals surface area contributed by atoms with Gasteiger partial charge in [-0.1, -0.05) is 50.2 Å². The number of aliphatic hydroxyl groups excluding tert-OH is 1. The summed E-state index contributed by atoms with van der Waals surface area (Å²) in [5.41, 5.74) is 2.19. The fourth-order valence-electron chi connectivity index (χ4n) is 2.00. The van der Waals surface area contributed by atoms with Gasteiger partial charge in [0.1, 0.15) is 11.9 Å². The minimum atomic E-state index is -0.704. The predicted molar refractivity (Wildman–Crippen MR) is 71.0 cm³/mol. The third-order valence-corrected chi connectivity index (χ3v) is 3.07. The van der Waals surface area contributed by atoms with E-state index in [2.05, 4.69) is 0 Å². The van der Waals surface area contributed by atoms with Crippen LogP contribution in [0.3, 0.4) is 0 Å². The number of aliphatic hydroxyl groups is 1. The average molecular weight is 244 g/mol. The molecule has 0 amide bonds. The summed E-state index contributed by atoms with van der Waals surface area (Å²) >= 11 is 0. The van der Waals surface area contributed by atoms with Crippen molar-refractivity contribution in [3.8, 4) is 0 Å². The van der Waals surface area contributed by atoms with Crippen LogP contribution in [0.1, 0.15) is 42.6 Å². The molecule has 0 bridgehead atoms. The van der Waals surface area contributed by atoms with E-state index < -0.39 is 6.10 Å². The summed E-state index contributed by atoms with van der Waals surface area (Å²) in [5.74, 6) is -0.109. The van der Waals surface area contributed by atoms with E-state index in [0.29, 0.717) is 5.56 Å². The molecule has 1 nitrogen and oxygen atoms in total. The first-order chi connectivity index (χ1) is 8.59. The first-order valence-corrected chi connectivity index (χ1v) is 6.12. The number of halogens is 1. The van der Waals surface area contributed by atoms with Gasteiger partial charge in [-0.3, -0.25) is 0 Å². The zero-order valence-corrected chi connectivity index (χ0v) is 10.6. The van der Waals surface area contributed by atoms with E-state index in [4.69, 9.17) is 0 Å². The summed E-state index contributed by atoms with van der Waals surface area (Å²) in [5, 5.41) is 10.3. The van der Waals surface area contributed by atoms with Crippen molar-refractivity contribution in [3.63, 3.8) is 0 Å². The molecule has 18 heavy (non-hydrogen) atoms. The Labute approximate surface area is 107 Å². The molecule has 0 saturated heterocycles. The molecule has 0 saturated carbocycles. The maximum atomic E-state index is 13.6. The predicted octanol–water partition coefficient (Wildman–Crippen LogP) is 4.03. The lowest BCUT2D eigenvalue weighted by Crippen LogP contribution is -2.02. The van der Waals surface area contributed by atoms with E-state index in [1.165, 1.54) is 6.07 Å². The van der Waals surface area contributed by atoms with Gasteiger partial charge >= 0.3 is 0 Å². The maximum Gasteiger partial charge on any atom is 0.126 e. The van der Waals surface area contributed by atoms with Crippen molar-refractivity contribution in [2.45, 2.75) is 25.9 Å². The number of hydrogen-bond donors (Lipinski definition) is 1. The lowest BCUT2D eigenvalue weighted by Gasteiger charge is -2.14. The summed E-state index contributed by atoms with van der Waals surface area (Å²) < 4.78 is 13.6. The Bertz CT molecular complexity index is 520. The molecular weight excluding hydrogens is 227 g/mol. The molecule has 0 aliphatic rings. The number of rotatable bonds is 3. The Balaban J connectivity index is 2.37. The van der Waals surface area contributed by atoms with Crippen LogP contribution in [0.2, 0.25) is 0 Å². The Morgan fingerprint density at radius 1 is 0.944 bits per heavy atom. The first kappa shape index (κ1) is 12.8. The molecule has 0 heterocycles. The second kappa shape index (κ2) is 5.32. The second-order valence-electron chi connectivity index (χ2n) is 4.75. The molecule has 0 aliphatic heterocycles. The molecule has 2 aromatic carbocycles. The van der Waals surface area contributed by atoms with Crippen LogP contribution in [0.4, 0.5) is 4.39 Å². The van der Waals surface area contributed by atoms with E-state index in [0.717, 1.165) is 11.1 Å². The molecule has 0 radical (unpaired) electrons. The highest BCUT2D eigenvalue weighted by Crippen LogP contribution is 2.26. The van der Waals surface area contributed by atoms with Crippen molar-refractivity contribution in [1.82, 2.24) is 0 Å². The molecule has 0 aliphatic carbocycles. The quantitative estimate of drug-likeness (QED) is 0.864. The van der Waals surface area contributed by atoms with Gasteiger partial charge in [0.15, 0.2) is 0 Å². The third kappa shape index (κ3) is 2.59. The van der Waals surface area contributed by atoms with Gasteiger partial charge in [0.25, 0.3) is 0 Å². The van der Waals surface area contributed by atoms with Crippen LogP contribution in [0, 0.1) is 5.82 Å². The van der Waals surface area contributed by atoms with Crippen molar-refractivity contribution < 1.29 is 9.50 Å². The van der Waals surface area contributed by atoms with Crippen molar-refractivity contribution >= 4 is 0 Å². The van der Waals surface area contributed by atoms with Crippen LogP contribution in [0.25, 0.3) is 0 Å². The largest absolute Gasteiger partial charge is 0.384 e. The van der Waals surface area contributed by atoms with Crippen LogP contribution in [0.15, 0.2) is 48.5 Å². The monoisotopic (exact) mass is 244 g/mol. The van der Waals surface area contributed by atoms with E-state index in [1.807, 2.05) is 44.2 Å². The van der Waals surface area contributed by atoms with Crippen molar-refractivity contribution in [3.05, 3.63) is 71.0 Å². The van der Waals surface area contributed by atoms with Crippen LogP contribution < -0.4 is 0 Å². The molecule has 0 fully saturated rings. The Morgan fingerprint density at radius 3 is 2.22 bits per heavy atom. The van der Waals surface area contributed by atoms with Gasteiger partial charge in [0.05, 0.1) is 0 Å². The van der Waals surface area contributed by atoms with Gasteiger partial charge in [-0.15, -0.1) is 0 Å². The highest BCUT2D eigenvalue weighted by Gasteiger charge is 2.14. The highest BCUT2D eigenvalue weighted by molar-refractivity contribution is 5.34. The SMILES string of the molecule is CC(C)c1cc(C(O)c2ccccc2)ccc1F. The van der Waals surface area contributed by atoms with E-state index in [-0.39, 0.29) is 11.7 Å². The molecule has 2 heteroatoms. The van der Waals surface area contributed by atoms with Crippen LogP contribution >= 0.6 is 0 Å². The minimum Gasteiger partial charge on any atom is -0.384 e. The maximum absolute atomic E-state index is 13.6. The Kier molecular flexibility index (Phi) is 3.78. The lowest BCUT2D eigenvalue weighted by molar-refractivity contribution is 0.220. The van der Waals surface area contributed by atoms with Crippen molar-refractivity contribution in [2.24, 2.45) is 0 Å². The van der Waals surface area contributed by atoms with Gasteiger partial charge in [0.2, 0.25) is 0 Å².